The number of nitrogens with zero attached hydrogens (tertiary/aromatic N) is 2. The number of nitrogens with two attached hydrogens (primary N) is 1. The van der Waals surface area contributed by atoms with Crippen molar-refractivity contribution in [1.29, 1.82) is 0 Å². The summed E-state index contributed by atoms with van der Waals surface area (Å²) >= 11 is 0. The van der Waals surface area contributed by atoms with E-state index < -0.39 is 23.1 Å². The number of hydrogen-bond acceptors (Lipinski definition) is 5. The van der Waals surface area contributed by atoms with E-state index in [1.807, 2.05) is 6.92 Å². The first kappa shape index (κ1) is 20.7. The predicted octanol–water partition coefficient (Wildman–Crippen LogP) is 1.29. The van der Waals surface area contributed by atoms with E-state index in [0.717, 1.165) is 11.3 Å². The van der Waals surface area contributed by atoms with Crippen LogP contribution in [0.1, 0.15) is 35.7 Å². The molecule has 1 aromatic carbocycles. The Labute approximate surface area is 160 Å². The lowest BCUT2D eigenvalue weighted by atomic mass is 10.1. The number of unbranched alkanes of at least 4 members (excludes halogenated alkanes) is 1. The minimum Gasteiger partial charge on any atom is -0.478 e. The molecule has 0 atom stereocenters. The van der Waals surface area contributed by atoms with Crippen molar-refractivity contribution in [2.24, 2.45) is 0 Å². The van der Waals surface area contributed by atoms with E-state index in [9.17, 15) is 19.2 Å². The Bertz CT molecular complexity index is 1020. The van der Waals surface area contributed by atoms with E-state index in [2.05, 4.69) is 4.98 Å². The lowest BCUT2D eigenvalue weighted by Crippen LogP contribution is -2.38. The second kappa shape index (κ2) is 8.85. The SMILES string of the molecule is CCCCn1c(N)c(N(C)C(=O)/C=C/c2ccc(C(=O)O)cc2)c(=O)[nH]c1=O. The monoisotopic (exact) mass is 386 g/mol. The lowest BCUT2D eigenvalue weighted by molar-refractivity contribution is -0.113. The van der Waals surface area contributed by atoms with Crippen molar-refractivity contribution in [3.05, 3.63) is 62.3 Å². The van der Waals surface area contributed by atoms with Gasteiger partial charge in [-0.1, -0.05) is 25.5 Å². The van der Waals surface area contributed by atoms with E-state index in [1.165, 1.54) is 35.9 Å². The zero-order valence-electron chi connectivity index (χ0n) is 15.6. The third-order valence-corrected chi connectivity index (χ3v) is 4.19. The molecule has 2 rings (SSSR count). The number of carboxylic acids is 1. The second-order valence-corrected chi connectivity index (χ2v) is 6.16. The third kappa shape index (κ3) is 4.56. The van der Waals surface area contributed by atoms with E-state index in [-0.39, 0.29) is 17.1 Å². The van der Waals surface area contributed by atoms with Gasteiger partial charge in [0.1, 0.15) is 5.82 Å². The number of nitrogen functional groups attached to an aromatic ring is 1. The molecule has 0 radical (unpaired) electrons. The normalized spacial score (nSPS) is 10.9. The van der Waals surface area contributed by atoms with Gasteiger partial charge in [-0.15, -0.1) is 0 Å². The Balaban J connectivity index is 2.28. The average Bonchev–Trinajstić information content (AvgIpc) is 2.65. The number of hydrogen-bond donors (Lipinski definition) is 3. The van der Waals surface area contributed by atoms with E-state index >= 15 is 0 Å². The molecule has 0 aliphatic rings. The van der Waals surface area contributed by atoms with Crippen LogP contribution in [0.15, 0.2) is 39.9 Å². The fourth-order valence-electron chi connectivity index (χ4n) is 2.57. The summed E-state index contributed by atoms with van der Waals surface area (Å²) in [5.41, 5.74) is 5.27. The number of carbonyl (C=O) groups excluding carboxylic acids is 1. The average molecular weight is 386 g/mol. The molecule has 2 aromatic rings. The summed E-state index contributed by atoms with van der Waals surface area (Å²) in [5, 5.41) is 8.89. The maximum absolute atomic E-state index is 12.5. The minimum absolute atomic E-state index is 0.0720. The number of anilines is 2. The first-order valence-electron chi connectivity index (χ1n) is 8.68. The Kier molecular flexibility index (Phi) is 6.54. The van der Waals surface area contributed by atoms with Gasteiger partial charge in [0.25, 0.3) is 11.5 Å². The first-order chi connectivity index (χ1) is 13.3. The van der Waals surface area contributed by atoms with E-state index in [1.54, 1.807) is 12.1 Å². The van der Waals surface area contributed by atoms with Gasteiger partial charge in [0.2, 0.25) is 0 Å². The van der Waals surface area contributed by atoms with Crippen molar-refractivity contribution in [2.45, 2.75) is 26.3 Å². The fourth-order valence-corrected chi connectivity index (χ4v) is 2.57. The molecule has 148 valence electrons. The summed E-state index contributed by atoms with van der Waals surface area (Å²) in [6.45, 7) is 2.29. The van der Waals surface area contributed by atoms with Crippen LogP contribution in [-0.2, 0) is 11.3 Å². The summed E-state index contributed by atoms with van der Waals surface area (Å²) in [7, 11) is 1.38. The van der Waals surface area contributed by atoms with Crippen LogP contribution in [0, 0.1) is 0 Å². The van der Waals surface area contributed by atoms with E-state index in [0.29, 0.717) is 18.5 Å². The molecule has 9 nitrogen and oxygen atoms in total. The molecule has 1 amide bonds. The molecule has 0 aliphatic heterocycles. The van der Waals surface area contributed by atoms with Gasteiger partial charge in [0.05, 0.1) is 5.56 Å². The smallest absolute Gasteiger partial charge is 0.335 e. The van der Waals surface area contributed by atoms with Gasteiger partial charge in [-0.2, -0.15) is 0 Å². The Morgan fingerprint density at radius 2 is 1.89 bits per heavy atom. The van der Waals surface area contributed by atoms with Crippen LogP contribution in [-0.4, -0.2) is 33.6 Å². The lowest BCUT2D eigenvalue weighted by Gasteiger charge is -2.19. The summed E-state index contributed by atoms with van der Waals surface area (Å²) < 4.78 is 1.23. The highest BCUT2D eigenvalue weighted by molar-refractivity contribution is 6.04. The number of carboxylic acid groups (broad SMARTS) is 1. The molecule has 28 heavy (non-hydrogen) atoms. The van der Waals surface area contributed by atoms with Crippen molar-refractivity contribution >= 4 is 29.5 Å². The topological polar surface area (TPSA) is 138 Å². The van der Waals surface area contributed by atoms with Gasteiger partial charge in [-0.3, -0.25) is 19.1 Å². The summed E-state index contributed by atoms with van der Waals surface area (Å²) in [5.74, 6) is -1.64. The van der Waals surface area contributed by atoms with Crippen LogP contribution in [0.5, 0.6) is 0 Å². The highest BCUT2D eigenvalue weighted by atomic mass is 16.4. The maximum Gasteiger partial charge on any atom is 0.335 e. The van der Waals surface area contributed by atoms with Crippen LogP contribution in [0.25, 0.3) is 6.08 Å². The highest BCUT2D eigenvalue weighted by Crippen LogP contribution is 2.16. The standard InChI is InChI=1S/C19H22N4O5/c1-3-4-11-23-16(20)15(17(25)21-19(23)28)22(2)14(24)10-7-12-5-8-13(9-6-12)18(26)27/h5-10H,3-4,11,20H2,1-2H3,(H,26,27)(H,21,25,28)/b10-7+. The van der Waals surface area contributed by atoms with Crippen molar-refractivity contribution in [1.82, 2.24) is 9.55 Å². The zero-order chi connectivity index (χ0) is 20.8. The molecule has 0 saturated carbocycles. The van der Waals surface area contributed by atoms with Gasteiger partial charge in [0, 0.05) is 19.7 Å². The number of aromatic nitrogens is 2. The molecular formula is C19H22N4O5. The molecule has 4 N–H and O–H groups in total. The van der Waals surface area contributed by atoms with Crippen LogP contribution >= 0.6 is 0 Å². The van der Waals surface area contributed by atoms with Crippen LogP contribution in [0.2, 0.25) is 0 Å². The molecular weight excluding hydrogens is 364 g/mol. The van der Waals surface area contributed by atoms with Crippen molar-refractivity contribution in [3.8, 4) is 0 Å². The molecule has 1 aromatic heterocycles. The summed E-state index contributed by atoms with van der Waals surface area (Å²) in [6.07, 6.45) is 4.25. The molecule has 0 unspecified atom stereocenters. The van der Waals surface area contributed by atoms with Gasteiger partial charge in [0.15, 0.2) is 5.69 Å². The van der Waals surface area contributed by atoms with E-state index in [4.69, 9.17) is 10.8 Å². The molecule has 0 aliphatic carbocycles. The molecule has 0 saturated heterocycles. The number of H-pyrrole nitrogens is 1. The van der Waals surface area contributed by atoms with Gasteiger partial charge in [-0.05, 0) is 30.2 Å². The number of nitrogens with one attached hydrogen (secondary N) is 1. The summed E-state index contributed by atoms with van der Waals surface area (Å²) in [6, 6.07) is 5.95. The molecule has 0 fully saturated rings. The Morgan fingerprint density at radius 1 is 1.25 bits per heavy atom. The first-order valence-corrected chi connectivity index (χ1v) is 8.68. The van der Waals surface area contributed by atoms with Crippen molar-refractivity contribution in [3.63, 3.8) is 0 Å². The minimum atomic E-state index is -1.04. The van der Waals surface area contributed by atoms with Gasteiger partial charge < -0.3 is 15.7 Å². The number of carbonyl (C=O) groups is 2. The second-order valence-electron chi connectivity index (χ2n) is 6.16. The zero-order valence-corrected chi connectivity index (χ0v) is 15.6. The largest absolute Gasteiger partial charge is 0.478 e. The van der Waals surface area contributed by atoms with Crippen molar-refractivity contribution < 1.29 is 14.7 Å². The number of aromatic carboxylic acids is 1. The Hall–Kier alpha value is -3.62. The third-order valence-electron chi connectivity index (χ3n) is 4.19. The van der Waals surface area contributed by atoms with Gasteiger partial charge >= 0.3 is 11.7 Å². The van der Waals surface area contributed by atoms with Crippen molar-refractivity contribution in [2.75, 3.05) is 17.7 Å². The summed E-state index contributed by atoms with van der Waals surface area (Å²) in [4.78, 5) is 50.7. The van der Waals surface area contributed by atoms with Crippen LogP contribution < -0.4 is 21.9 Å². The fraction of sp³-hybridized carbons (Fsp3) is 0.263. The molecule has 0 spiro atoms. The predicted molar refractivity (Wildman–Crippen MR) is 106 cm³/mol. The highest BCUT2D eigenvalue weighted by Gasteiger charge is 2.19. The molecule has 9 heteroatoms. The van der Waals surface area contributed by atoms with Crippen LogP contribution in [0.4, 0.5) is 11.5 Å². The number of benzene rings is 1. The number of aromatic amines is 1. The molecule has 1 heterocycles. The molecule has 0 bridgehead atoms. The Morgan fingerprint density at radius 3 is 2.46 bits per heavy atom. The van der Waals surface area contributed by atoms with Crippen LogP contribution in [0.3, 0.4) is 0 Å². The number of amides is 1. The van der Waals surface area contributed by atoms with Gasteiger partial charge in [-0.25, -0.2) is 9.59 Å². The maximum atomic E-state index is 12.5. The number of rotatable bonds is 7. The number of likely N-dealkylation sites (N-methyl/N-ethyl adjacent to an activating group) is 1. The quantitative estimate of drug-likeness (QED) is 0.613.